The zero-order valence-corrected chi connectivity index (χ0v) is 21.0. The van der Waals surface area contributed by atoms with Crippen molar-refractivity contribution in [2.75, 3.05) is 0 Å². The standard InChI is InChI=1S/C30H35N5O/c1-22(35-21-28(24-12-7-16-31-19-24)27-15-8-18-33-29(27)35)9-6-14-26(23-10-2-3-11-23)30(36)34-20-25-13-4-5-17-32-25/h4-5,7-8,12-13,15-19,21-23,26H,2-3,6,9-11,14,20H2,1H3,(H,34,36). The maximum Gasteiger partial charge on any atom is 0.223 e. The Labute approximate surface area is 213 Å². The van der Waals surface area contributed by atoms with Crippen LogP contribution in [0.3, 0.4) is 0 Å². The largest absolute Gasteiger partial charge is 0.350 e. The quantitative estimate of drug-likeness (QED) is 0.287. The summed E-state index contributed by atoms with van der Waals surface area (Å²) in [5, 5.41) is 4.32. The fraction of sp³-hybridized carbons (Fsp3) is 0.400. The fourth-order valence-corrected chi connectivity index (χ4v) is 5.70. The van der Waals surface area contributed by atoms with Crippen molar-refractivity contribution in [3.05, 3.63) is 79.1 Å². The topological polar surface area (TPSA) is 72.7 Å². The lowest BCUT2D eigenvalue weighted by atomic mass is 9.85. The van der Waals surface area contributed by atoms with Crippen molar-refractivity contribution in [2.45, 2.75) is 64.5 Å². The van der Waals surface area contributed by atoms with E-state index >= 15 is 0 Å². The predicted octanol–water partition coefficient (Wildman–Crippen LogP) is 6.35. The monoisotopic (exact) mass is 481 g/mol. The summed E-state index contributed by atoms with van der Waals surface area (Å²) in [6.07, 6.45) is 17.3. The molecule has 1 fully saturated rings. The molecule has 186 valence electrons. The third-order valence-electron chi connectivity index (χ3n) is 7.65. The number of nitrogens with zero attached hydrogens (tertiary/aromatic N) is 4. The summed E-state index contributed by atoms with van der Waals surface area (Å²) in [5.74, 6) is 0.761. The minimum Gasteiger partial charge on any atom is -0.350 e. The van der Waals surface area contributed by atoms with Crippen LogP contribution in [-0.4, -0.2) is 25.4 Å². The number of nitrogens with one attached hydrogen (secondary N) is 1. The lowest BCUT2D eigenvalue weighted by molar-refractivity contribution is -0.127. The van der Waals surface area contributed by atoms with Crippen molar-refractivity contribution in [1.82, 2.24) is 24.8 Å². The molecule has 36 heavy (non-hydrogen) atoms. The highest BCUT2D eigenvalue weighted by Gasteiger charge is 2.30. The van der Waals surface area contributed by atoms with Crippen molar-refractivity contribution >= 4 is 16.9 Å². The van der Waals surface area contributed by atoms with Crippen molar-refractivity contribution < 1.29 is 4.79 Å². The molecule has 0 bridgehead atoms. The summed E-state index contributed by atoms with van der Waals surface area (Å²) in [6, 6.07) is 14.3. The zero-order valence-electron chi connectivity index (χ0n) is 21.0. The minimum atomic E-state index is 0.0777. The van der Waals surface area contributed by atoms with Crippen LogP contribution in [0.25, 0.3) is 22.2 Å². The molecular weight excluding hydrogens is 446 g/mol. The molecule has 1 N–H and O–H groups in total. The van der Waals surface area contributed by atoms with E-state index in [1.54, 1.807) is 12.4 Å². The summed E-state index contributed by atoms with van der Waals surface area (Å²) in [4.78, 5) is 26.6. The maximum absolute atomic E-state index is 13.2. The SMILES string of the molecule is CC(CCCC(C(=O)NCc1ccccn1)C1CCCC1)n1cc(-c2cccnc2)c2cccnc21. The van der Waals surface area contributed by atoms with Gasteiger partial charge in [-0.1, -0.05) is 31.4 Å². The number of carbonyl (C=O) groups excluding carboxylic acids is 1. The summed E-state index contributed by atoms with van der Waals surface area (Å²) < 4.78 is 2.30. The molecule has 1 amide bonds. The van der Waals surface area contributed by atoms with Crippen molar-refractivity contribution in [3.63, 3.8) is 0 Å². The Balaban J connectivity index is 1.26. The Morgan fingerprint density at radius 3 is 2.64 bits per heavy atom. The number of amides is 1. The molecule has 1 saturated carbocycles. The number of aromatic nitrogens is 4. The van der Waals surface area contributed by atoms with E-state index < -0.39 is 0 Å². The van der Waals surface area contributed by atoms with Gasteiger partial charge in [-0.05, 0) is 68.9 Å². The van der Waals surface area contributed by atoms with Gasteiger partial charge in [-0.3, -0.25) is 14.8 Å². The van der Waals surface area contributed by atoms with Crippen LogP contribution in [0, 0.1) is 11.8 Å². The second-order valence-corrected chi connectivity index (χ2v) is 10.0. The smallest absolute Gasteiger partial charge is 0.223 e. The van der Waals surface area contributed by atoms with Gasteiger partial charge >= 0.3 is 0 Å². The van der Waals surface area contributed by atoms with Gasteiger partial charge in [0, 0.05) is 59.5 Å². The average Bonchev–Trinajstić information content (AvgIpc) is 3.59. The van der Waals surface area contributed by atoms with Crippen LogP contribution in [0.5, 0.6) is 0 Å². The van der Waals surface area contributed by atoms with E-state index in [4.69, 9.17) is 4.98 Å². The molecule has 6 nitrogen and oxygen atoms in total. The molecule has 0 radical (unpaired) electrons. The minimum absolute atomic E-state index is 0.0777. The zero-order chi connectivity index (χ0) is 24.7. The molecule has 0 aliphatic heterocycles. The van der Waals surface area contributed by atoms with Gasteiger partial charge in [-0.2, -0.15) is 0 Å². The molecule has 6 heteroatoms. The van der Waals surface area contributed by atoms with E-state index in [2.05, 4.69) is 45.1 Å². The highest BCUT2D eigenvalue weighted by molar-refractivity contribution is 5.93. The molecule has 4 aromatic rings. The second kappa shape index (κ2) is 11.5. The normalized spacial score (nSPS) is 15.7. The first-order valence-electron chi connectivity index (χ1n) is 13.2. The number of hydrogen-bond donors (Lipinski definition) is 1. The van der Waals surface area contributed by atoms with Gasteiger partial charge in [0.15, 0.2) is 0 Å². The molecule has 4 aromatic heterocycles. The van der Waals surface area contributed by atoms with Crippen molar-refractivity contribution in [1.29, 1.82) is 0 Å². The van der Waals surface area contributed by atoms with Gasteiger partial charge in [0.05, 0.1) is 12.2 Å². The lowest BCUT2D eigenvalue weighted by Crippen LogP contribution is -2.34. The summed E-state index contributed by atoms with van der Waals surface area (Å²) in [5.41, 5.74) is 4.17. The highest BCUT2D eigenvalue weighted by Crippen LogP contribution is 2.36. The van der Waals surface area contributed by atoms with Crippen molar-refractivity contribution in [3.8, 4) is 11.1 Å². The van der Waals surface area contributed by atoms with Crippen LogP contribution in [0.15, 0.2) is 73.4 Å². The lowest BCUT2D eigenvalue weighted by Gasteiger charge is -2.23. The Morgan fingerprint density at radius 1 is 1.03 bits per heavy atom. The fourth-order valence-electron chi connectivity index (χ4n) is 5.70. The molecule has 1 aliphatic rings. The first-order chi connectivity index (χ1) is 17.7. The van der Waals surface area contributed by atoms with Crippen LogP contribution >= 0.6 is 0 Å². The third kappa shape index (κ3) is 5.48. The second-order valence-electron chi connectivity index (χ2n) is 10.0. The highest BCUT2D eigenvalue weighted by atomic mass is 16.1. The van der Waals surface area contributed by atoms with E-state index in [1.807, 2.05) is 42.7 Å². The van der Waals surface area contributed by atoms with Gasteiger partial charge in [0.1, 0.15) is 5.65 Å². The van der Waals surface area contributed by atoms with Gasteiger partial charge in [-0.25, -0.2) is 4.98 Å². The summed E-state index contributed by atoms with van der Waals surface area (Å²) in [7, 11) is 0. The van der Waals surface area contributed by atoms with Gasteiger partial charge < -0.3 is 9.88 Å². The van der Waals surface area contributed by atoms with Gasteiger partial charge in [0.2, 0.25) is 5.91 Å². The van der Waals surface area contributed by atoms with E-state index in [0.29, 0.717) is 12.5 Å². The number of rotatable bonds is 10. The summed E-state index contributed by atoms with van der Waals surface area (Å²) >= 11 is 0. The average molecular weight is 482 g/mol. The molecule has 0 aromatic carbocycles. The van der Waals surface area contributed by atoms with E-state index in [-0.39, 0.29) is 17.9 Å². The third-order valence-corrected chi connectivity index (χ3v) is 7.65. The predicted molar refractivity (Wildman–Crippen MR) is 143 cm³/mol. The molecule has 2 atom stereocenters. The van der Waals surface area contributed by atoms with Crippen LogP contribution in [-0.2, 0) is 11.3 Å². The molecule has 0 spiro atoms. The first-order valence-corrected chi connectivity index (χ1v) is 13.2. The molecule has 5 rings (SSSR count). The van der Waals surface area contributed by atoms with Crippen LogP contribution in [0.2, 0.25) is 0 Å². The number of hydrogen-bond acceptors (Lipinski definition) is 4. The molecule has 0 saturated heterocycles. The first kappa shape index (κ1) is 24.2. The van der Waals surface area contributed by atoms with Crippen LogP contribution in [0.1, 0.15) is 63.6 Å². The van der Waals surface area contributed by atoms with E-state index in [0.717, 1.165) is 60.0 Å². The molecule has 2 unspecified atom stereocenters. The molecular formula is C30H35N5O. The summed E-state index contributed by atoms with van der Waals surface area (Å²) in [6.45, 7) is 2.75. The van der Waals surface area contributed by atoms with Crippen LogP contribution in [0.4, 0.5) is 0 Å². The van der Waals surface area contributed by atoms with Gasteiger partial charge in [0.25, 0.3) is 0 Å². The van der Waals surface area contributed by atoms with Crippen molar-refractivity contribution in [2.24, 2.45) is 11.8 Å². The molecule has 4 heterocycles. The van der Waals surface area contributed by atoms with E-state index in [9.17, 15) is 4.79 Å². The number of pyridine rings is 3. The Hall–Kier alpha value is -3.54. The Kier molecular flexibility index (Phi) is 7.70. The maximum atomic E-state index is 13.2. The Bertz CT molecular complexity index is 1260. The van der Waals surface area contributed by atoms with Crippen LogP contribution < -0.4 is 5.32 Å². The van der Waals surface area contributed by atoms with E-state index in [1.165, 1.54) is 12.8 Å². The number of fused-ring (bicyclic) bond motifs is 1. The van der Waals surface area contributed by atoms with Gasteiger partial charge in [-0.15, -0.1) is 0 Å². The number of carbonyl (C=O) groups is 1. The molecule has 1 aliphatic carbocycles. The Morgan fingerprint density at radius 2 is 1.86 bits per heavy atom.